The van der Waals surface area contributed by atoms with E-state index >= 15 is 0 Å². The average Bonchev–Trinajstić information content (AvgIpc) is 2.90. The van der Waals surface area contributed by atoms with Crippen LogP contribution in [0.5, 0.6) is 5.75 Å². The molecule has 1 heterocycles. The Balaban J connectivity index is 1.29. The molecule has 4 rings (SSSR count). The Morgan fingerprint density at radius 2 is 1.67 bits per heavy atom. The highest BCUT2D eigenvalue weighted by Gasteiger charge is 2.24. The van der Waals surface area contributed by atoms with Gasteiger partial charge in [-0.1, -0.05) is 53.0 Å². The number of benzene rings is 3. The van der Waals surface area contributed by atoms with Crippen LogP contribution in [-0.4, -0.2) is 54.1 Å². The second-order valence-electron chi connectivity index (χ2n) is 9.04. The lowest BCUT2D eigenvalue weighted by atomic mass is 10.1. The van der Waals surface area contributed by atoms with Crippen molar-refractivity contribution in [2.75, 3.05) is 36.4 Å². The fourth-order valence-corrected chi connectivity index (χ4v) is 5.14. The third kappa shape index (κ3) is 7.33. The van der Waals surface area contributed by atoms with E-state index in [0.717, 1.165) is 16.8 Å². The number of aryl methyl sites for hydroxylation is 1. The van der Waals surface area contributed by atoms with Crippen LogP contribution in [0.2, 0.25) is 15.1 Å². The maximum atomic E-state index is 12.9. The first-order chi connectivity index (χ1) is 18.6. The van der Waals surface area contributed by atoms with Gasteiger partial charge < -0.3 is 19.9 Å². The molecule has 0 aromatic heterocycles. The Bertz CT molecular complexity index is 1400. The van der Waals surface area contributed by atoms with Crippen molar-refractivity contribution in [2.45, 2.75) is 20.0 Å². The standard InChI is InChI=1S/C28H27Cl3N4O3S/c1-17-5-3-4-6-21(17)27(37)35-13-11-34(12-14-35)24-9-8-20(16-22(24)30)32-28(39)33-26(36)18(2)38-25-10-7-19(29)15-23(25)31/h3-10,15-16,18H,11-14H2,1-2H3,(H2,32,33,36,39). The van der Waals surface area contributed by atoms with Crippen LogP contribution in [0.25, 0.3) is 0 Å². The summed E-state index contributed by atoms with van der Waals surface area (Å²) in [6, 6.07) is 17.8. The van der Waals surface area contributed by atoms with E-state index in [9.17, 15) is 9.59 Å². The van der Waals surface area contributed by atoms with Gasteiger partial charge in [0.25, 0.3) is 11.8 Å². The van der Waals surface area contributed by atoms with Crippen molar-refractivity contribution in [3.05, 3.63) is 86.9 Å². The van der Waals surface area contributed by atoms with Gasteiger partial charge in [0.2, 0.25) is 0 Å². The smallest absolute Gasteiger partial charge is 0.266 e. The number of nitrogens with zero attached hydrogens (tertiary/aromatic N) is 2. The monoisotopic (exact) mass is 604 g/mol. The first kappa shape index (κ1) is 29.0. The van der Waals surface area contributed by atoms with Crippen molar-refractivity contribution in [2.24, 2.45) is 0 Å². The van der Waals surface area contributed by atoms with Crippen LogP contribution in [-0.2, 0) is 4.79 Å². The minimum Gasteiger partial charge on any atom is -0.479 e. The van der Waals surface area contributed by atoms with E-state index in [0.29, 0.717) is 52.7 Å². The van der Waals surface area contributed by atoms with Crippen molar-refractivity contribution < 1.29 is 14.3 Å². The van der Waals surface area contributed by atoms with Crippen LogP contribution >= 0.6 is 47.0 Å². The Morgan fingerprint density at radius 1 is 0.949 bits per heavy atom. The van der Waals surface area contributed by atoms with Gasteiger partial charge in [0, 0.05) is 42.5 Å². The van der Waals surface area contributed by atoms with Gasteiger partial charge in [-0.15, -0.1) is 0 Å². The Labute approximate surface area is 248 Å². The normalized spacial score (nSPS) is 14.0. The van der Waals surface area contributed by atoms with Crippen LogP contribution in [0.3, 0.4) is 0 Å². The van der Waals surface area contributed by atoms with Gasteiger partial charge in [-0.2, -0.15) is 0 Å². The third-order valence-electron chi connectivity index (χ3n) is 6.29. The van der Waals surface area contributed by atoms with Crippen LogP contribution in [0.1, 0.15) is 22.8 Å². The lowest BCUT2D eigenvalue weighted by molar-refractivity contribution is -0.125. The minimum absolute atomic E-state index is 0.0462. The summed E-state index contributed by atoms with van der Waals surface area (Å²) in [5, 5.41) is 6.98. The summed E-state index contributed by atoms with van der Waals surface area (Å²) in [5.74, 6) is -0.0605. The van der Waals surface area contributed by atoms with E-state index in [1.54, 1.807) is 25.1 Å². The maximum absolute atomic E-state index is 12.9. The molecule has 39 heavy (non-hydrogen) atoms. The number of amides is 2. The molecule has 1 saturated heterocycles. The van der Waals surface area contributed by atoms with E-state index in [2.05, 4.69) is 15.5 Å². The molecule has 1 unspecified atom stereocenters. The number of nitrogens with one attached hydrogen (secondary N) is 2. The Hall–Kier alpha value is -3.04. The fourth-order valence-electron chi connectivity index (χ4n) is 4.17. The molecule has 204 valence electrons. The summed E-state index contributed by atoms with van der Waals surface area (Å²) >= 11 is 23.9. The molecule has 1 aliphatic rings. The summed E-state index contributed by atoms with van der Waals surface area (Å²) in [4.78, 5) is 29.5. The average molecular weight is 606 g/mol. The molecule has 2 N–H and O–H groups in total. The van der Waals surface area contributed by atoms with Crippen molar-refractivity contribution in [1.82, 2.24) is 10.2 Å². The SMILES string of the molecule is Cc1ccccc1C(=O)N1CCN(c2ccc(NC(=S)NC(=O)C(C)Oc3ccc(Cl)cc3Cl)cc2Cl)CC1. The number of rotatable bonds is 6. The zero-order valence-electron chi connectivity index (χ0n) is 21.3. The lowest BCUT2D eigenvalue weighted by Crippen LogP contribution is -2.49. The number of halogens is 3. The molecule has 7 nitrogen and oxygen atoms in total. The van der Waals surface area contributed by atoms with Gasteiger partial charge in [0.05, 0.1) is 15.7 Å². The predicted octanol–water partition coefficient (Wildman–Crippen LogP) is 6.20. The van der Waals surface area contributed by atoms with Gasteiger partial charge in [-0.25, -0.2) is 0 Å². The molecule has 1 atom stereocenters. The van der Waals surface area contributed by atoms with E-state index in [1.807, 2.05) is 48.2 Å². The summed E-state index contributed by atoms with van der Waals surface area (Å²) < 4.78 is 5.63. The number of anilines is 2. The van der Waals surface area contributed by atoms with Gasteiger partial charge in [-0.05, 0) is 74.1 Å². The van der Waals surface area contributed by atoms with Crippen LogP contribution in [0.4, 0.5) is 11.4 Å². The van der Waals surface area contributed by atoms with Crippen molar-refractivity contribution in [3.8, 4) is 5.75 Å². The Morgan fingerprint density at radius 3 is 2.33 bits per heavy atom. The topological polar surface area (TPSA) is 73.9 Å². The quantitative estimate of drug-likeness (QED) is 0.326. The number of hydrogen-bond acceptors (Lipinski definition) is 5. The molecule has 11 heteroatoms. The zero-order valence-corrected chi connectivity index (χ0v) is 24.4. The van der Waals surface area contributed by atoms with Crippen LogP contribution < -0.4 is 20.3 Å². The van der Waals surface area contributed by atoms with Gasteiger partial charge in [0.1, 0.15) is 5.75 Å². The maximum Gasteiger partial charge on any atom is 0.266 e. The molecule has 0 spiro atoms. The molecule has 1 aliphatic heterocycles. The largest absolute Gasteiger partial charge is 0.479 e. The van der Waals surface area contributed by atoms with Gasteiger partial charge in [0.15, 0.2) is 11.2 Å². The van der Waals surface area contributed by atoms with Crippen molar-refractivity contribution in [3.63, 3.8) is 0 Å². The molecule has 3 aromatic rings. The fraction of sp³-hybridized carbons (Fsp3) is 0.250. The number of piperazine rings is 1. The highest BCUT2D eigenvalue weighted by Crippen LogP contribution is 2.30. The second kappa shape index (κ2) is 12.9. The molecule has 1 fully saturated rings. The number of ether oxygens (including phenoxy) is 1. The van der Waals surface area contributed by atoms with E-state index in [1.165, 1.54) is 6.07 Å². The first-order valence-electron chi connectivity index (χ1n) is 12.3. The zero-order chi connectivity index (χ0) is 28.1. The summed E-state index contributed by atoms with van der Waals surface area (Å²) in [6.45, 7) is 6.05. The van der Waals surface area contributed by atoms with Gasteiger partial charge >= 0.3 is 0 Å². The van der Waals surface area contributed by atoms with Crippen molar-refractivity contribution in [1.29, 1.82) is 0 Å². The number of carbonyl (C=O) groups excluding carboxylic acids is 2. The molecule has 0 saturated carbocycles. The van der Waals surface area contributed by atoms with Crippen LogP contribution in [0, 0.1) is 6.92 Å². The van der Waals surface area contributed by atoms with E-state index < -0.39 is 12.0 Å². The van der Waals surface area contributed by atoms with Crippen molar-refractivity contribution >= 4 is 75.3 Å². The summed E-state index contributed by atoms with van der Waals surface area (Å²) in [7, 11) is 0. The molecule has 3 aromatic carbocycles. The predicted molar refractivity (Wildman–Crippen MR) is 162 cm³/mol. The van der Waals surface area contributed by atoms with E-state index in [-0.39, 0.29) is 11.0 Å². The minimum atomic E-state index is -0.856. The number of carbonyl (C=O) groups is 2. The summed E-state index contributed by atoms with van der Waals surface area (Å²) in [5.41, 5.74) is 3.19. The molecular formula is C28H27Cl3N4O3S. The lowest BCUT2D eigenvalue weighted by Gasteiger charge is -2.36. The Kier molecular flexibility index (Phi) is 9.56. The first-order valence-corrected chi connectivity index (χ1v) is 13.8. The number of thiocarbonyl (C=S) groups is 1. The molecule has 0 bridgehead atoms. The highest BCUT2D eigenvalue weighted by atomic mass is 35.5. The third-order valence-corrected chi connectivity index (χ3v) is 7.33. The molecule has 0 radical (unpaired) electrons. The molecule has 2 amide bonds. The summed E-state index contributed by atoms with van der Waals surface area (Å²) in [6.07, 6.45) is -0.856. The second-order valence-corrected chi connectivity index (χ2v) is 10.7. The highest BCUT2D eigenvalue weighted by molar-refractivity contribution is 7.80. The molecule has 0 aliphatic carbocycles. The number of hydrogen-bond donors (Lipinski definition) is 2. The van der Waals surface area contributed by atoms with Gasteiger partial charge in [-0.3, -0.25) is 14.9 Å². The molecular weight excluding hydrogens is 579 g/mol. The van der Waals surface area contributed by atoms with E-state index in [4.69, 9.17) is 51.8 Å². The van der Waals surface area contributed by atoms with Crippen LogP contribution in [0.15, 0.2) is 60.7 Å².